The van der Waals surface area contributed by atoms with Crippen molar-refractivity contribution in [3.63, 3.8) is 0 Å². The Balaban J connectivity index is 1.52. The quantitative estimate of drug-likeness (QED) is 0.836. The number of carbonyl (C=O) groups is 1. The Bertz CT molecular complexity index is 706. The number of aromatic nitrogens is 1. The lowest BCUT2D eigenvalue weighted by atomic mass is 9.92. The van der Waals surface area contributed by atoms with Crippen molar-refractivity contribution < 1.29 is 4.79 Å². The van der Waals surface area contributed by atoms with Gasteiger partial charge >= 0.3 is 0 Å². The van der Waals surface area contributed by atoms with Gasteiger partial charge in [0.05, 0.1) is 12.1 Å². The van der Waals surface area contributed by atoms with E-state index in [0.29, 0.717) is 16.6 Å². The molecule has 1 fully saturated rings. The van der Waals surface area contributed by atoms with Crippen molar-refractivity contribution >= 4 is 34.0 Å². The van der Waals surface area contributed by atoms with Crippen LogP contribution in [0.4, 0.5) is 5.13 Å². The van der Waals surface area contributed by atoms with E-state index in [9.17, 15) is 4.79 Å². The van der Waals surface area contributed by atoms with E-state index in [4.69, 9.17) is 11.6 Å². The highest BCUT2D eigenvalue weighted by molar-refractivity contribution is 7.13. The molecule has 1 aliphatic heterocycles. The molecule has 1 aliphatic rings. The Morgan fingerprint density at radius 2 is 1.96 bits per heavy atom. The Morgan fingerprint density at radius 1 is 1.28 bits per heavy atom. The minimum absolute atomic E-state index is 0.0524. The summed E-state index contributed by atoms with van der Waals surface area (Å²) in [6, 6.07) is 7.33. The van der Waals surface area contributed by atoms with Crippen molar-refractivity contribution in [2.45, 2.75) is 33.2 Å². The molecule has 2 heterocycles. The minimum Gasteiger partial charge on any atom is -0.302 e. The molecule has 25 heavy (non-hydrogen) atoms. The predicted molar refractivity (Wildman–Crippen MR) is 104 cm³/mol. The second-order valence-corrected chi connectivity index (χ2v) is 8.43. The number of halogens is 1. The van der Waals surface area contributed by atoms with Crippen molar-refractivity contribution in [3.8, 4) is 0 Å². The maximum atomic E-state index is 12.2. The molecule has 2 aromatic rings. The number of rotatable bonds is 5. The van der Waals surface area contributed by atoms with Gasteiger partial charge in [0.1, 0.15) is 0 Å². The number of hydrogen-bond acceptors (Lipinski definition) is 4. The third-order valence-electron chi connectivity index (χ3n) is 4.41. The lowest BCUT2D eigenvalue weighted by Gasteiger charge is -2.34. The fourth-order valence-corrected chi connectivity index (χ4v) is 4.38. The van der Waals surface area contributed by atoms with Crippen LogP contribution in [0, 0.1) is 11.8 Å². The number of thiazole rings is 1. The molecule has 1 N–H and O–H groups in total. The topological polar surface area (TPSA) is 45.2 Å². The van der Waals surface area contributed by atoms with Crippen molar-refractivity contribution in [3.05, 3.63) is 45.9 Å². The number of benzene rings is 1. The Morgan fingerprint density at radius 3 is 2.64 bits per heavy atom. The first kappa shape index (κ1) is 18.4. The van der Waals surface area contributed by atoms with E-state index in [1.807, 2.05) is 17.5 Å². The molecule has 4 nitrogen and oxygen atoms in total. The first-order valence-electron chi connectivity index (χ1n) is 8.69. The second-order valence-electron chi connectivity index (χ2n) is 7.14. The Hall–Kier alpha value is -1.43. The number of anilines is 1. The summed E-state index contributed by atoms with van der Waals surface area (Å²) in [5.74, 6) is 1.42. The predicted octanol–water partition coefficient (Wildman–Crippen LogP) is 4.46. The van der Waals surface area contributed by atoms with E-state index in [1.165, 1.54) is 17.8 Å². The summed E-state index contributed by atoms with van der Waals surface area (Å²) >= 11 is 7.36. The van der Waals surface area contributed by atoms with Crippen LogP contribution in [-0.4, -0.2) is 28.9 Å². The molecule has 0 bridgehead atoms. The molecule has 0 spiro atoms. The van der Waals surface area contributed by atoms with E-state index in [1.54, 1.807) is 12.1 Å². The summed E-state index contributed by atoms with van der Waals surface area (Å²) in [4.78, 5) is 19.2. The highest BCUT2D eigenvalue weighted by atomic mass is 35.5. The highest BCUT2D eigenvalue weighted by Crippen LogP contribution is 2.24. The minimum atomic E-state index is -0.0524. The van der Waals surface area contributed by atoms with Crippen molar-refractivity contribution in [2.75, 3.05) is 18.4 Å². The van der Waals surface area contributed by atoms with Crippen molar-refractivity contribution in [1.82, 2.24) is 9.88 Å². The maximum absolute atomic E-state index is 12.2. The van der Waals surface area contributed by atoms with Gasteiger partial charge in [-0.1, -0.05) is 37.6 Å². The normalized spacial score (nSPS) is 21.2. The Kier molecular flexibility index (Phi) is 6.10. The maximum Gasteiger partial charge on any atom is 0.230 e. The van der Waals surface area contributed by atoms with Crippen LogP contribution in [0.5, 0.6) is 0 Å². The van der Waals surface area contributed by atoms with Gasteiger partial charge in [0.25, 0.3) is 0 Å². The van der Waals surface area contributed by atoms with Gasteiger partial charge < -0.3 is 5.32 Å². The molecule has 6 heteroatoms. The third-order valence-corrected chi connectivity index (χ3v) is 5.46. The fraction of sp³-hybridized carbons (Fsp3) is 0.474. The number of amides is 1. The summed E-state index contributed by atoms with van der Waals surface area (Å²) in [5, 5.41) is 6.29. The van der Waals surface area contributed by atoms with E-state index >= 15 is 0 Å². The van der Waals surface area contributed by atoms with E-state index in [-0.39, 0.29) is 5.91 Å². The molecular formula is C19H24ClN3OS. The first-order chi connectivity index (χ1) is 12.0. The van der Waals surface area contributed by atoms with Gasteiger partial charge in [-0.05, 0) is 36.0 Å². The van der Waals surface area contributed by atoms with Crippen molar-refractivity contribution in [1.29, 1.82) is 0 Å². The van der Waals surface area contributed by atoms with Crippen LogP contribution in [-0.2, 0) is 17.8 Å². The molecule has 1 amide bonds. The van der Waals surface area contributed by atoms with Gasteiger partial charge in [0.2, 0.25) is 5.91 Å². The number of likely N-dealkylation sites (tertiary alicyclic amines) is 1. The largest absolute Gasteiger partial charge is 0.302 e. The zero-order valence-corrected chi connectivity index (χ0v) is 16.2. The highest BCUT2D eigenvalue weighted by Gasteiger charge is 2.22. The first-order valence-corrected chi connectivity index (χ1v) is 9.94. The van der Waals surface area contributed by atoms with Crippen LogP contribution >= 0.6 is 22.9 Å². The monoisotopic (exact) mass is 377 g/mol. The SMILES string of the molecule is C[C@H]1C[C@H](C)CN(Cc2csc(NC(=O)Cc3ccc(Cl)cc3)n2)C1. The van der Waals surface area contributed by atoms with Crippen LogP contribution < -0.4 is 5.32 Å². The summed E-state index contributed by atoms with van der Waals surface area (Å²) in [6.45, 7) is 7.73. The number of hydrogen-bond donors (Lipinski definition) is 1. The molecule has 0 unspecified atom stereocenters. The average molecular weight is 378 g/mol. The summed E-state index contributed by atoms with van der Waals surface area (Å²) in [6.07, 6.45) is 1.63. The molecule has 1 aromatic heterocycles. The number of piperidine rings is 1. The van der Waals surface area contributed by atoms with Gasteiger partial charge in [-0.25, -0.2) is 4.98 Å². The molecule has 0 aliphatic carbocycles. The second kappa shape index (κ2) is 8.30. The van der Waals surface area contributed by atoms with Gasteiger partial charge in [-0.2, -0.15) is 0 Å². The number of nitrogens with one attached hydrogen (secondary N) is 1. The molecule has 1 saturated heterocycles. The number of nitrogens with zero attached hydrogens (tertiary/aromatic N) is 2. The van der Waals surface area contributed by atoms with E-state index < -0.39 is 0 Å². The van der Waals surface area contributed by atoms with Crippen LogP contribution in [0.2, 0.25) is 5.02 Å². The van der Waals surface area contributed by atoms with Gasteiger partial charge in [0, 0.05) is 30.0 Å². The third kappa shape index (κ3) is 5.53. The fourth-order valence-electron chi connectivity index (χ4n) is 3.54. The Labute approximate surface area is 158 Å². The van der Waals surface area contributed by atoms with E-state index in [0.717, 1.165) is 42.7 Å². The molecule has 3 rings (SSSR count). The van der Waals surface area contributed by atoms with Crippen LogP contribution in [0.15, 0.2) is 29.6 Å². The zero-order chi connectivity index (χ0) is 17.8. The van der Waals surface area contributed by atoms with Crippen LogP contribution in [0.3, 0.4) is 0 Å². The lowest BCUT2D eigenvalue weighted by molar-refractivity contribution is -0.115. The molecule has 1 aromatic carbocycles. The van der Waals surface area contributed by atoms with E-state index in [2.05, 4.69) is 29.0 Å². The van der Waals surface area contributed by atoms with Gasteiger partial charge in [0.15, 0.2) is 5.13 Å². The molecule has 2 atom stereocenters. The summed E-state index contributed by atoms with van der Waals surface area (Å²) < 4.78 is 0. The molecule has 0 saturated carbocycles. The number of carbonyl (C=O) groups excluding carboxylic acids is 1. The van der Waals surface area contributed by atoms with Gasteiger partial charge in [-0.3, -0.25) is 9.69 Å². The van der Waals surface area contributed by atoms with Gasteiger partial charge in [-0.15, -0.1) is 11.3 Å². The molecule has 134 valence electrons. The standard InChI is InChI=1S/C19H24ClN3OS/c1-13-7-14(2)10-23(9-13)11-17-12-25-19(21-17)22-18(24)8-15-3-5-16(20)6-4-15/h3-6,12-14H,7-11H2,1-2H3,(H,21,22,24)/t13-,14-/m0/s1. The summed E-state index contributed by atoms with van der Waals surface area (Å²) in [5.41, 5.74) is 1.98. The average Bonchev–Trinajstić information content (AvgIpc) is 2.95. The van der Waals surface area contributed by atoms with Crippen LogP contribution in [0.25, 0.3) is 0 Å². The van der Waals surface area contributed by atoms with Crippen LogP contribution in [0.1, 0.15) is 31.5 Å². The molecule has 0 radical (unpaired) electrons. The lowest BCUT2D eigenvalue weighted by Crippen LogP contribution is -2.38. The summed E-state index contributed by atoms with van der Waals surface area (Å²) in [7, 11) is 0. The van der Waals surface area contributed by atoms with Crippen molar-refractivity contribution in [2.24, 2.45) is 11.8 Å². The molecular weight excluding hydrogens is 354 g/mol. The smallest absolute Gasteiger partial charge is 0.230 e. The zero-order valence-electron chi connectivity index (χ0n) is 14.7.